The average molecular weight is 576 g/mol. The zero-order chi connectivity index (χ0) is 28.3. The molecule has 210 valence electrons. The Labute approximate surface area is 245 Å². The van der Waals surface area contributed by atoms with Crippen LogP contribution in [0.4, 0.5) is 5.00 Å². The van der Waals surface area contributed by atoms with Crippen LogP contribution >= 0.6 is 23.1 Å². The summed E-state index contributed by atoms with van der Waals surface area (Å²) in [6.07, 6.45) is 9.75. The number of carbonyl (C=O) groups is 1. The summed E-state index contributed by atoms with van der Waals surface area (Å²) in [6.45, 7) is 11.2. The Morgan fingerprint density at radius 1 is 1.25 bits per heavy atom. The van der Waals surface area contributed by atoms with Gasteiger partial charge in [0.2, 0.25) is 5.91 Å². The first-order valence-corrected chi connectivity index (χ1v) is 15.9. The molecule has 1 aromatic carbocycles. The number of carbonyl (C=O) groups excluding carboxylic acids is 1. The topological polar surface area (TPSA) is 92.8 Å². The summed E-state index contributed by atoms with van der Waals surface area (Å²) >= 11 is 2.89. The Morgan fingerprint density at radius 2 is 2.00 bits per heavy atom. The van der Waals surface area contributed by atoms with Crippen molar-refractivity contribution in [3.8, 4) is 23.2 Å². The second-order valence-corrected chi connectivity index (χ2v) is 13.8. The Morgan fingerprint density at radius 3 is 2.67 bits per heavy atom. The van der Waals surface area contributed by atoms with Crippen molar-refractivity contribution in [1.82, 2.24) is 14.8 Å². The fourth-order valence-corrected chi connectivity index (χ4v) is 7.65. The Balaban J connectivity index is 1.25. The molecule has 3 aromatic rings. The van der Waals surface area contributed by atoms with Gasteiger partial charge in [0.05, 0.1) is 17.4 Å². The molecule has 40 heavy (non-hydrogen) atoms. The minimum Gasteiger partial charge on any atom is -0.490 e. The third-order valence-electron chi connectivity index (χ3n) is 7.93. The predicted octanol–water partition coefficient (Wildman–Crippen LogP) is 7.27. The number of rotatable bonds is 9. The van der Waals surface area contributed by atoms with E-state index in [0.29, 0.717) is 34.3 Å². The Hall–Kier alpha value is -3.09. The number of aromatic nitrogens is 3. The van der Waals surface area contributed by atoms with Crippen molar-refractivity contribution in [3.63, 3.8) is 0 Å². The third-order valence-corrected chi connectivity index (χ3v) is 10.1. The molecule has 2 aliphatic carbocycles. The summed E-state index contributed by atoms with van der Waals surface area (Å²) in [6, 6.07) is 10.3. The van der Waals surface area contributed by atoms with Gasteiger partial charge in [-0.25, -0.2) is 0 Å². The lowest BCUT2D eigenvalue weighted by Crippen LogP contribution is -2.26. The van der Waals surface area contributed by atoms with Crippen molar-refractivity contribution in [2.24, 2.45) is 11.3 Å². The molecule has 2 aliphatic rings. The van der Waals surface area contributed by atoms with Crippen LogP contribution in [-0.4, -0.2) is 32.5 Å². The summed E-state index contributed by atoms with van der Waals surface area (Å²) in [5, 5.41) is 23.0. The average Bonchev–Trinajstić information content (AvgIpc) is 3.66. The molecular formula is C31H37N5O2S2. The summed E-state index contributed by atoms with van der Waals surface area (Å²) in [5.74, 6) is 2.18. The van der Waals surface area contributed by atoms with Gasteiger partial charge in [0, 0.05) is 17.0 Å². The van der Waals surface area contributed by atoms with E-state index in [0.717, 1.165) is 54.8 Å². The van der Waals surface area contributed by atoms with Crippen LogP contribution in [0.25, 0.3) is 11.4 Å². The second-order valence-electron chi connectivity index (χ2n) is 11.7. The zero-order valence-corrected chi connectivity index (χ0v) is 25.2. The maximum atomic E-state index is 13.0. The number of fused-ring (bicyclic) bond motifs is 1. The normalized spacial score (nSPS) is 17.3. The number of anilines is 1. The smallest absolute Gasteiger partial charge is 0.235 e. The highest BCUT2D eigenvalue weighted by Gasteiger charge is 2.32. The minimum atomic E-state index is -0.157. The van der Waals surface area contributed by atoms with E-state index >= 15 is 0 Å². The molecule has 0 bridgehead atoms. The Bertz CT molecular complexity index is 1410. The molecular weight excluding hydrogens is 539 g/mol. The number of hydrogen-bond donors (Lipinski definition) is 1. The number of hydrogen-bond acceptors (Lipinski definition) is 7. The van der Waals surface area contributed by atoms with Crippen LogP contribution in [-0.2, 0) is 24.2 Å². The van der Waals surface area contributed by atoms with E-state index in [-0.39, 0.29) is 17.1 Å². The van der Waals surface area contributed by atoms with Crippen LogP contribution in [0.2, 0.25) is 0 Å². The van der Waals surface area contributed by atoms with E-state index in [4.69, 9.17) is 4.74 Å². The number of nitrogens with one attached hydrogen (secondary N) is 1. The molecule has 0 spiro atoms. The first-order valence-electron chi connectivity index (χ1n) is 14.0. The SMILES string of the molecule is C=CCn1c(SCC(=O)Nc2sc3c(c2C#N)CCC(C(C)(C)C)C3)nnc1-c1ccc(OC2CCCC2)cc1. The van der Waals surface area contributed by atoms with E-state index in [1.807, 2.05) is 28.8 Å². The maximum Gasteiger partial charge on any atom is 0.235 e. The largest absolute Gasteiger partial charge is 0.490 e. The maximum absolute atomic E-state index is 13.0. The molecule has 1 N–H and O–H groups in total. The predicted molar refractivity (Wildman–Crippen MR) is 162 cm³/mol. The standard InChI is InChI=1S/C31H37N5O2S2/c1-5-16-36-28(20-10-13-23(14-11-20)38-22-8-6-7-9-22)34-35-30(36)39-19-27(37)33-29-25(18-32)24-15-12-21(31(2,3)4)17-26(24)40-29/h5,10-11,13-14,21-22H,1,6-9,12,15-17,19H2,2-4H3,(H,33,37). The summed E-state index contributed by atoms with van der Waals surface area (Å²) in [4.78, 5) is 14.2. The lowest BCUT2D eigenvalue weighted by atomic mass is 9.72. The van der Waals surface area contributed by atoms with E-state index in [9.17, 15) is 10.1 Å². The monoisotopic (exact) mass is 575 g/mol. The van der Waals surface area contributed by atoms with Gasteiger partial charge in [-0.05, 0) is 86.1 Å². The molecule has 1 saturated carbocycles. The van der Waals surface area contributed by atoms with Crippen LogP contribution in [0.1, 0.15) is 68.9 Å². The van der Waals surface area contributed by atoms with Crippen molar-refractivity contribution < 1.29 is 9.53 Å². The number of nitriles is 1. The quantitative estimate of drug-likeness (QED) is 0.213. The van der Waals surface area contributed by atoms with Crippen molar-refractivity contribution in [3.05, 3.63) is 52.9 Å². The molecule has 5 rings (SSSR count). The lowest BCUT2D eigenvalue weighted by molar-refractivity contribution is -0.113. The fourth-order valence-electron chi connectivity index (χ4n) is 5.61. The molecule has 1 atom stereocenters. The van der Waals surface area contributed by atoms with Crippen LogP contribution in [0, 0.1) is 22.7 Å². The van der Waals surface area contributed by atoms with Gasteiger partial charge in [-0.15, -0.1) is 28.1 Å². The number of thioether (sulfide) groups is 1. The van der Waals surface area contributed by atoms with Crippen molar-refractivity contribution in [2.45, 2.75) is 83.5 Å². The molecule has 1 amide bonds. The van der Waals surface area contributed by atoms with Gasteiger partial charge in [0.1, 0.15) is 16.8 Å². The number of nitrogens with zero attached hydrogens (tertiary/aromatic N) is 4. The van der Waals surface area contributed by atoms with Crippen molar-refractivity contribution in [2.75, 3.05) is 11.1 Å². The molecule has 7 nitrogen and oxygen atoms in total. The highest BCUT2D eigenvalue weighted by molar-refractivity contribution is 7.99. The second kappa shape index (κ2) is 12.2. The first-order chi connectivity index (χ1) is 19.3. The zero-order valence-electron chi connectivity index (χ0n) is 23.5. The van der Waals surface area contributed by atoms with E-state index in [1.54, 1.807) is 17.4 Å². The molecule has 1 fully saturated rings. The highest BCUT2D eigenvalue weighted by atomic mass is 32.2. The lowest BCUT2D eigenvalue weighted by Gasteiger charge is -2.33. The van der Waals surface area contributed by atoms with Crippen LogP contribution in [0.15, 0.2) is 42.1 Å². The van der Waals surface area contributed by atoms with E-state index < -0.39 is 0 Å². The van der Waals surface area contributed by atoms with Crippen molar-refractivity contribution >= 4 is 34.0 Å². The molecule has 0 radical (unpaired) electrons. The first kappa shape index (κ1) is 28.4. The van der Waals surface area contributed by atoms with Gasteiger partial charge in [-0.2, -0.15) is 5.26 Å². The van der Waals surface area contributed by atoms with E-state index in [2.05, 4.69) is 48.9 Å². The van der Waals surface area contributed by atoms with Crippen LogP contribution in [0.5, 0.6) is 5.75 Å². The minimum absolute atomic E-state index is 0.157. The fraction of sp³-hybridized carbons (Fsp3) is 0.484. The number of thiophene rings is 1. The third kappa shape index (κ3) is 6.29. The number of amides is 1. The van der Waals surface area contributed by atoms with Gasteiger partial charge >= 0.3 is 0 Å². The van der Waals surface area contributed by atoms with Crippen LogP contribution < -0.4 is 10.1 Å². The van der Waals surface area contributed by atoms with Gasteiger partial charge in [-0.3, -0.25) is 9.36 Å². The summed E-state index contributed by atoms with van der Waals surface area (Å²) in [7, 11) is 0. The van der Waals surface area contributed by atoms with Crippen LogP contribution in [0.3, 0.4) is 0 Å². The number of ether oxygens (including phenoxy) is 1. The van der Waals surface area contributed by atoms with Gasteiger partial charge in [-0.1, -0.05) is 38.6 Å². The molecule has 9 heteroatoms. The summed E-state index contributed by atoms with van der Waals surface area (Å²) in [5.41, 5.74) is 2.90. The van der Waals surface area contributed by atoms with Gasteiger partial charge in [0.25, 0.3) is 0 Å². The molecule has 0 aliphatic heterocycles. The van der Waals surface area contributed by atoms with E-state index in [1.165, 1.54) is 29.5 Å². The molecule has 1 unspecified atom stereocenters. The summed E-state index contributed by atoms with van der Waals surface area (Å²) < 4.78 is 8.07. The Kier molecular flexibility index (Phi) is 8.67. The number of benzene rings is 1. The molecule has 2 heterocycles. The molecule has 0 saturated heterocycles. The number of allylic oxidation sites excluding steroid dienone is 1. The highest BCUT2D eigenvalue weighted by Crippen LogP contribution is 2.44. The van der Waals surface area contributed by atoms with Gasteiger partial charge < -0.3 is 10.1 Å². The van der Waals surface area contributed by atoms with Gasteiger partial charge in [0.15, 0.2) is 11.0 Å². The molecule has 2 aromatic heterocycles. The van der Waals surface area contributed by atoms with Crippen molar-refractivity contribution in [1.29, 1.82) is 5.26 Å².